The van der Waals surface area contributed by atoms with Crippen LogP contribution in [0.25, 0.3) is 0 Å². The molecule has 6 heteroatoms. The fraction of sp³-hybridized carbons (Fsp3) is 0.529. The van der Waals surface area contributed by atoms with Crippen LogP contribution in [0, 0.1) is 6.92 Å². The zero-order chi connectivity index (χ0) is 16.6. The topological polar surface area (TPSA) is 69.4 Å². The summed E-state index contributed by atoms with van der Waals surface area (Å²) in [6, 6.07) is 4.06. The van der Waals surface area contributed by atoms with Gasteiger partial charge in [-0.3, -0.25) is 5.32 Å². The molecule has 0 saturated carbocycles. The Morgan fingerprint density at radius 3 is 2.83 bits per heavy atom. The number of ether oxygens (including phenoxy) is 2. The summed E-state index contributed by atoms with van der Waals surface area (Å²) in [5.41, 5.74) is 1.84. The van der Waals surface area contributed by atoms with Crippen LogP contribution in [0.4, 0.5) is 0 Å². The average molecular weight is 317 g/mol. The van der Waals surface area contributed by atoms with Gasteiger partial charge in [-0.15, -0.1) is 0 Å². The summed E-state index contributed by atoms with van der Waals surface area (Å²) < 4.78 is 16.7. The van der Waals surface area contributed by atoms with Gasteiger partial charge in [0.1, 0.15) is 17.6 Å². The number of nitrogens with one attached hydrogen (secondary N) is 1. The second kappa shape index (κ2) is 5.85. The highest BCUT2D eigenvalue weighted by atomic mass is 16.5. The van der Waals surface area contributed by atoms with Crippen molar-refractivity contribution in [1.29, 1.82) is 0 Å². The van der Waals surface area contributed by atoms with Gasteiger partial charge in [0.15, 0.2) is 5.82 Å². The lowest BCUT2D eigenvalue weighted by molar-refractivity contribution is 0.246. The summed E-state index contributed by atoms with van der Waals surface area (Å²) in [6.45, 7) is 8.55. The van der Waals surface area contributed by atoms with E-state index in [9.17, 15) is 0 Å². The van der Waals surface area contributed by atoms with Crippen molar-refractivity contribution in [2.45, 2.75) is 52.3 Å². The van der Waals surface area contributed by atoms with Crippen LogP contribution in [-0.4, -0.2) is 23.4 Å². The van der Waals surface area contributed by atoms with E-state index in [1.165, 1.54) is 5.56 Å². The van der Waals surface area contributed by atoms with Crippen molar-refractivity contribution in [1.82, 2.24) is 15.5 Å². The van der Waals surface area contributed by atoms with Crippen molar-refractivity contribution >= 4 is 0 Å². The summed E-state index contributed by atoms with van der Waals surface area (Å²) in [5.74, 6) is 3.02. The largest absolute Gasteiger partial charge is 0.497 e. The molecule has 0 bridgehead atoms. The molecular formula is C17H23N3O3. The van der Waals surface area contributed by atoms with Crippen LogP contribution in [-0.2, 0) is 18.5 Å². The second-order valence-electron chi connectivity index (χ2n) is 6.53. The van der Waals surface area contributed by atoms with E-state index in [1.807, 2.05) is 26.8 Å². The first kappa shape index (κ1) is 15.8. The number of nitrogens with zero attached hydrogens (tertiary/aromatic N) is 2. The maximum absolute atomic E-state index is 5.97. The maximum Gasteiger partial charge on any atom is 0.246 e. The third kappa shape index (κ3) is 3.17. The zero-order valence-corrected chi connectivity index (χ0v) is 14.3. The minimum atomic E-state index is -0.429. The molecule has 0 saturated heterocycles. The molecule has 0 aliphatic carbocycles. The molecule has 1 atom stereocenters. The van der Waals surface area contributed by atoms with Crippen molar-refractivity contribution in [2.24, 2.45) is 0 Å². The Morgan fingerprint density at radius 2 is 2.17 bits per heavy atom. The van der Waals surface area contributed by atoms with E-state index < -0.39 is 5.54 Å². The Morgan fingerprint density at radius 1 is 1.39 bits per heavy atom. The molecule has 1 aromatic carbocycles. The highest BCUT2D eigenvalue weighted by Gasteiger charge is 2.29. The third-order valence-electron chi connectivity index (χ3n) is 4.06. The van der Waals surface area contributed by atoms with E-state index in [1.54, 1.807) is 7.11 Å². The highest BCUT2D eigenvalue weighted by Crippen LogP contribution is 2.36. The zero-order valence-electron chi connectivity index (χ0n) is 14.3. The molecule has 3 rings (SSSR count). The van der Waals surface area contributed by atoms with E-state index in [4.69, 9.17) is 14.0 Å². The molecule has 0 amide bonds. The van der Waals surface area contributed by atoms with Crippen LogP contribution in [0.1, 0.15) is 43.6 Å². The molecule has 0 radical (unpaired) electrons. The van der Waals surface area contributed by atoms with Gasteiger partial charge in [0, 0.05) is 24.1 Å². The summed E-state index contributed by atoms with van der Waals surface area (Å²) >= 11 is 0. The molecule has 1 aromatic heterocycles. The predicted molar refractivity (Wildman–Crippen MR) is 85.7 cm³/mol. The summed E-state index contributed by atoms with van der Waals surface area (Å²) in [5, 5.41) is 7.33. The summed E-state index contributed by atoms with van der Waals surface area (Å²) in [7, 11) is 1.68. The Labute approximate surface area is 136 Å². The van der Waals surface area contributed by atoms with Crippen LogP contribution in [0.5, 0.6) is 11.5 Å². The number of hydrogen-bond donors (Lipinski definition) is 1. The Balaban J connectivity index is 1.82. The lowest BCUT2D eigenvalue weighted by Gasteiger charge is -2.23. The lowest BCUT2D eigenvalue weighted by Crippen LogP contribution is -2.36. The molecule has 1 aliphatic heterocycles. The average Bonchev–Trinajstić information content (AvgIpc) is 3.09. The molecule has 2 heterocycles. The Kier molecular flexibility index (Phi) is 4.02. The second-order valence-corrected chi connectivity index (χ2v) is 6.53. The van der Waals surface area contributed by atoms with Crippen LogP contribution >= 0.6 is 0 Å². The minimum absolute atomic E-state index is 0.197. The van der Waals surface area contributed by atoms with Crippen molar-refractivity contribution in [3.8, 4) is 11.5 Å². The smallest absolute Gasteiger partial charge is 0.246 e. The van der Waals surface area contributed by atoms with Gasteiger partial charge in [-0.1, -0.05) is 5.16 Å². The standard InChI is InChI=1S/C17H23N3O3/c1-10-6-12-7-14(21-5)8-13(15(12)22-10)9-18-17(3,4)16-19-11(2)20-23-16/h7-8,10,18H,6,9H2,1-5H3. The molecular weight excluding hydrogens is 294 g/mol. The van der Waals surface area contributed by atoms with Gasteiger partial charge in [0.2, 0.25) is 5.89 Å². The first-order valence-electron chi connectivity index (χ1n) is 7.81. The number of aryl methyl sites for hydroxylation is 1. The van der Waals surface area contributed by atoms with E-state index in [-0.39, 0.29) is 6.10 Å². The molecule has 1 unspecified atom stereocenters. The maximum atomic E-state index is 5.97. The van der Waals surface area contributed by atoms with Gasteiger partial charge >= 0.3 is 0 Å². The predicted octanol–water partition coefficient (Wildman–Crippen LogP) is 2.73. The van der Waals surface area contributed by atoms with Crippen molar-refractivity contribution in [2.75, 3.05) is 7.11 Å². The van der Waals surface area contributed by atoms with Gasteiger partial charge in [-0.2, -0.15) is 4.98 Å². The fourth-order valence-electron chi connectivity index (χ4n) is 2.77. The van der Waals surface area contributed by atoms with Crippen molar-refractivity contribution < 1.29 is 14.0 Å². The summed E-state index contributed by atoms with van der Waals surface area (Å²) in [6.07, 6.45) is 1.11. The number of hydrogen-bond acceptors (Lipinski definition) is 6. The molecule has 6 nitrogen and oxygen atoms in total. The van der Waals surface area contributed by atoms with Crippen molar-refractivity contribution in [3.63, 3.8) is 0 Å². The van der Waals surface area contributed by atoms with Gasteiger partial charge < -0.3 is 14.0 Å². The number of methoxy groups -OCH3 is 1. The Bertz CT molecular complexity index is 709. The van der Waals surface area contributed by atoms with Gasteiger partial charge in [0.25, 0.3) is 0 Å². The van der Waals surface area contributed by atoms with E-state index >= 15 is 0 Å². The molecule has 124 valence electrons. The third-order valence-corrected chi connectivity index (χ3v) is 4.06. The van der Waals surface area contributed by atoms with Crippen LogP contribution in [0.3, 0.4) is 0 Å². The SMILES string of the molecule is COc1cc(CNC(C)(C)c2nc(C)no2)c2c(c1)CC(C)O2. The van der Waals surface area contributed by atoms with E-state index in [0.717, 1.165) is 23.5 Å². The molecule has 1 aliphatic rings. The minimum Gasteiger partial charge on any atom is -0.497 e. The first-order valence-corrected chi connectivity index (χ1v) is 7.81. The normalized spacial score (nSPS) is 17.0. The number of rotatable bonds is 5. The lowest BCUT2D eigenvalue weighted by atomic mass is 10.0. The fourth-order valence-corrected chi connectivity index (χ4v) is 2.77. The first-order chi connectivity index (χ1) is 10.9. The number of benzene rings is 1. The monoisotopic (exact) mass is 317 g/mol. The van der Waals surface area contributed by atoms with Gasteiger partial charge in [-0.05, 0) is 39.8 Å². The van der Waals surface area contributed by atoms with Crippen LogP contribution in [0.2, 0.25) is 0 Å². The van der Waals surface area contributed by atoms with Crippen LogP contribution < -0.4 is 14.8 Å². The molecule has 1 N–H and O–H groups in total. The highest BCUT2D eigenvalue weighted by molar-refractivity contribution is 5.49. The number of aromatic nitrogens is 2. The number of fused-ring (bicyclic) bond motifs is 1. The quantitative estimate of drug-likeness (QED) is 0.914. The van der Waals surface area contributed by atoms with Crippen molar-refractivity contribution in [3.05, 3.63) is 35.0 Å². The van der Waals surface area contributed by atoms with Gasteiger partial charge in [-0.25, -0.2) is 0 Å². The molecule has 2 aromatic rings. The van der Waals surface area contributed by atoms with Crippen LogP contribution in [0.15, 0.2) is 16.7 Å². The molecule has 0 spiro atoms. The molecule has 23 heavy (non-hydrogen) atoms. The van der Waals surface area contributed by atoms with E-state index in [2.05, 4.69) is 28.4 Å². The molecule has 0 fully saturated rings. The van der Waals surface area contributed by atoms with Gasteiger partial charge in [0.05, 0.1) is 12.6 Å². The van der Waals surface area contributed by atoms with E-state index in [0.29, 0.717) is 18.3 Å². The Hall–Kier alpha value is -2.08. The summed E-state index contributed by atoms with van der Waals surface area (Å²) in [4.78, 5) is 4.32.